The van der Waals surface area contributed by atoms with Crippen LogP contribution in [0.1, 0.15) is 37.0 Å². The van der Waals surface area contributed by atoms with Crippen molar-refractivity contribution in [1.82, 2.24) is 5.32 Å². The van der Waals surface area contributed by atoms with E-state index in [2.05, 4.69) is 29.9 Å². The van der Waals surface area contributed by atoms with Gasteiger partial charge in [-0.15, -0.1) is 11.3 Å². The van der Waals surface area contributed by atoms with E-state index in [1.807, 2.05) is 11.3 Å². The van der Waals surface area contributed by atoms with Crippen LogP contribution in [0.4, 0.5) is 0 Å². The first-order valence-corrected chi connectivity index (χ1v) is 8.04. The van der Waals surface area contributed by atoms with E-state index >= 15 is 0 Å². The monoisotopic (exact) mass is 265 g/mol. The summed E-state index contributed by atoms with van der Waals surface area (Å²) in [7, 11) is 2.10. The van der Waals surface area contributed by atoms with Crippen molar-refractivity contribution < 1.29 is 4.74 Å². The topological polar surface area (TPSA) is 21.3 Å². The van der Waals surface area contributed by atoms with E-state index in [0.29, 0.717) is 17.6 Å². The fourth-order valence-electron chi connectivity index (χ4n) is 3.85. The zero-order valence-electron chi connectivity index (χ0n) is 11.2. The van der Waals surface area contributed by atoms with Crippen LogP contribution in [-0.4, -0.2) is 25.8 Å². The van der Waals surface area contributed by atoms with Gasteiger partial charge in [0.1, 0.15) is 0 Å². The molecule has 1 heterocycles. The molecule has 18 heavy (non-hydrogen) atoms. The summed E-state index contributed by atoms with van der Waals surface area (Å²) >= 11 is 1.84. The molecule has 3 heteroatoms. The minimum Gasteiger partial charge on any atom is -0.377 e. The van der Waals surface area contributed by atoms with Gasteiger partial charge in [0.05, 0.1) is 12.7 Å². The van der Waals surface area contributed by atoms with Gasteiger partial charge >= 0.3 is 0 Å². The first kappa shape index (κ1) is 12.6. The number of rotatable bonds is 5. The third-order valence-corrected chi connectivity index (χ3v) is 5.85. The summed E-state index contributed by atoms with van der Waals surface area (Å²) in [5.74, 6) is 0. The maximum Gasteiger partial charge on any atom is 0.0661 e. The molecule has 0 aromatic carbocycles. The number of ether oxygens (including phenoxy) is 1. The van der Waals surface area contributed by atoms with E-state index in [-0.39, 0.29) is 0 Å². The van der Waals surface area contributed by atoms with Crippen LogP contribution in [0.15, 0.2) is 17.5 Å². The van der Waals surface area contributed by atoms with Gasteiger partial charge in [0.2, 0.25) is 0 Å². The summed E-state index contributed by atoms with van der Waals surface area (Å²) in [6, 6.07) is 5.03. The summed E-state index contributed by atoms with van der Waals surface area (Å²) in [6.45, 7) is 0.892. The molecule has 1 aromatic rings. The lowest BCUT2D eigenvalue weighted by Gasteiger charge is -2.54. The summed E-state index contributed by atoms with van der Waals surface area (Å²) in [6.07, 6.45) is 8.31. The van der Waals surface area contributed by atoms with E-state index in [1.54, 1.807) is 0 Å². The van der Waals surface area contributed by atoms with Crippen LogP contribution < -0.4 is 5.32 Å². The van der Waals surface area contributed by atoms with Crippen LogP contribution in [0.2, 0.25) is 0 Å². The lowest BCUT2D eigenvalue weighted by Crippen LogP contribution is -2.62. The molecule has 2 aliphatic rings. The SMILES string of the molecule is CNC1CC(OCCc2cccs2)C12CCCC2. The molecule has 0 amide bonds. The molecular weight excluding hydrogens is 242 g/mol. The van der Waals surface area contributed by atoms with E-state index in [1.165, 1.54) is 37.0 Å². The van der Waals surface area contributed by atoms with Crippen molar-refractivity contribution >= 4 is 11.3 Å². The van der Waals surface area contributed by atoms with Gasteiger partial charge in [-0.25, -0.2) is 0 Å². The molecule has 0 radical (unpaired) electrons. The quantitative estimate of drug-likeness (QED) is 0.882. The third kappa shape index (κ3) is 2.13. The zero-order chi connectivity index (χ0) is 12.4. The molecule has 1 aromatic heterocycles. The second kappa shape index (κ2) is 5.32. The van der Waals surface area contributed by atoms with Gasteiger partial charge in [-0.2, -0.15) is 0 Å². The van der Waals surface area contributed by atoms with Crippen molar-refractivity contribution in [2.75, 3.05) is 13.7 Å². The smallest absolute Gasteiger partial charge is 0.0661 e. The highest BCUT2D eigenvalue weighted by Gasteiger charge is 2.55. The molecule has 2 fully saturated rings. The Bertz CT molecular complexity index is 370. The van der Waals surface area contributed by atoms with Gasteiger partial charge < -0.3 is 10.1 Å². The molecule has 100 valence electrons. The van der Waals surface area contributed by atoms with Gasteiger partial charge in [-0.05, 0) is 37.8 Å². The highest BCUT2D eigenvalue weighted by Crippen LogP contribution is 2.54. The molecule has 1 spiro atoms. The molecule has 2 saturated carbocycles. The Hall–Kier alpha value is -0.380. The largest absolute Gasteiger partial charge is 0.377 e. The predicted molar refractivity (Wildman–Crippen MR) is 76.1 cm³/mol. The average Bonchev–Trinajstić information content (AvgIpc) is 3.03. The van der Waals surface area contributed by atoms with Crippen molar-refractivity contribution in [2.45, 2.75) is 50.7 Å². The molecule has 0 bridgehead atoms. The number of thiophene rings is 1. The van der Waals surface area contributed by atoms with Crippen molar-refractivity contribution in [3.05, 3.63) is 22.4 Å². The minimum absolute atomic E-state index is 0.476. The maximum atomic E-state index is 6.19. The zero-order valence-corrected chi connectivity index (χ0v) is 12.0. The van der Waals surface area contributed by atoms with Gasteiger partial charge in [-0.1, -0.05) is 18.9 Å². The van der Waals surface area contributed by atoms with Crippen molar-refractivity contribution in [1.29, 1.82) is 0 Å². The Kier molecular flexibility index (Phi) is 3.73. The standard InChI is InChI=1S/C15H23NOS/c1-16-13-11-14(15(13)7-2-3-8-15)17-9-6-12-5-4-10-18-12/h4-5,10,13-14,16H,2-3,6-9,11H2,1H3. The highest BCUT2D eigenvalue weighted by molar-refractivity contribution is 7.09. The Morgan fingerprint density at radius 1 is 1.44 bits per heavy atom. The molecule has 2 unspecified atom stereocenters. The van der Waals surface area contributed by atoms with E-state index in [0.717, 1.165) is 13.0 Å². The van der Waals surface area contributed by atoms with E-state index < -0.39 is 0 Å². The average molecular weight is 265 g/mol. The summed E-state index contributed by atoms with van der Waals surface area (Å²) in [4.78, 5) is 1.44. The second-order valence-corrected chi connectivity index (χ2v) is 6.74. The van der Waals surface area contributed by atoms with Gasteiger partial charge in [0.25, 0.3) is 0 Å². The van der Waals surface area contributed by atoms with Crippen LogP contribution in [0, 0.1) is 5.41 Å². The maximum absolute atomic E-state index is 6.19. The van der Waals surface area contributed by atoms with E-state index in [4.69, 9.17) is 4.74 Å². The van der Waals surface area contributed by atoms with Crippen LogP contribution >= 0.6 is 11.3 Å². The van der Waals surface area contributed by atoms with Crippen LogP contribution in [-0.2, 0) is 11.2 Å². The third-order valence-electron chi connectivity index (χ3n) is 4.92. The summed E-state index contributed by atoms with van der Waals surface area (Å²) in [5, 5.41) is 5.64. The van der Waals surface area contributed by atoms with Crippen LogP contribution in [0.25, 0.3) is 0 Å². The normalized spacial score (nSPS) is 29.6. The van der Waals surface area contributed by atoms with Crippen molar-refractivity contribution in [3.8, 4) is 0 Å². The lowest BCUT2D eigenvalue weighted by atomic mass is 9.60. The summed E-state index contributed by atoms with van der Waals surface area (Å²) < 4.78 is 6.19. The first-order chi connectivity index (χ1) is 8.85. The fraction of sp³-hybridized carbons (Fsp3) is 0.733. The molecule has 2 atom stereocenters. The molecule has 0 saturated heterocycles. The van der Waals surface area contributed by atoms with Gasteiger partial charge in [0, 0.05) is 22.8 Å². The Balaban J connectivity index is 1.51. The van der Waals surface area contributed by atoms with Gasteiger partial charge in [-0.3, -0.25) is 0 Å². The molecular formula is C15H23NOS. The molecule has 0 aliphatic heterocycles. The minimum atomic E-state index is 0.476. The lowest BCUT2D eigenvalue weighted by molar-refractivity contribution is -0.131. The highest BCUT2D eigenvalue weighted by atomic mass is 32.1. The Morgan fingerprint density at radius 2 is 2.28 bits per heavy atom. The Labute approximate surface area is 114 Å². The molecule has 1 N–H and O–H groups in total. The van der Waals surface area contributed by atoms with Crippen LogP contribution in [0.3, 0.4) is 0 Å². The number of nitrogens with one attached hydrogen (secondary N) is 1. The van der Waals surface area contributed by atoms with Gasteiger partial charge in [0.15, 0.2) is 0 Å². The number of hydrogen-bond donors (Lipinski definition) is 1. The molecule has 2 aliphatic carbocycles. The van der Waals surface area contributed by atoms with E-state index in [9.17, 15) is 0 Å². The molecule has 3 rings (SSSR count). The van der Waals surface area contributed by atoms with Crippen LogP contribution in [0.5, 0.6) is 0 Å². The predicted octanol–water partition coefficient (Wildman–Crippen LogP) is 3.23. The number of hydrogen-bond acceptors (Lipinski definition) is 3. The molecule has 2 nitrogen and oxygen atoms in total. The summed E-state index contributed by atoms with van der Waals surface area (Å²) in [5.41, 5.74) is 0.476. The fourth-order valence-corrected chi connectivity index (χ4v) is 4.54. The first-order valence-electron chi connectivity index (χ1n) is 7.16. The Morgan fingerprint density at radius 3 is 2.94 bits per heavy atom. The van der Waals surface area contributed by atoms with Crippen molar-refractivity contribution in [2.24, 2.45) is 5.41 Å². The van der Waals surface area contributed by atoms with Crippen molar-refractivity contribution in [3.63, 3.8) is 0 Å². The second-order valence-electron chi connectivity index (χ2n) is 5.71.